The highest BCUT2D eigenvalue weighted by Gasteiger charge is 2.28. The van der Waals surface area contributed by atoms with Crippen LogP contribution in [0.3, 0.4) is 0 Å². The van der Waals surface area contributed by atoms with Crippen molar-refractivity contribution in [3.63, 3.8) is 0 Å². The number of rotatable bonds is 8. The minimum Gasteiger partial charge on any atom is -0.396 e. The Kier molecular flexibility index (Phi) is 6.15. The van der Waals surface area contributed by atoms with E-state index in [1.54, 1.807) is 0 Å². The average Bonchev–Trinajstić information content (AvgIpc) is 2.38. The first-order valence-corrected chi connectivity index (χ1v) is 7.36. The molecule has 10 heteroatoms. The molecule has 0 aliphatic heterocycles. The summed E-state index contributed by atoms with van der Waals surface area (Å²) in [4.78, 5) is 9.22. The average molecular weight is 322 g/mol. The van der Waals surface area contributed by atoms with Crippen LogP contribution in [0, 0.1) is 15.9 Å². The summed E-state index contributed by atoms with van der Waals surface area (Å²) in [6.45, 7) is -0.309. The van der Waals surface area contributed by atoms with Crippen LogP contribution in [0.15, 0.2) is 23.1 Å². The summed E-state index contributed by atoms with van der Waals surface area (Å²) in [5.74, 6) is -0.913. The van der Waals surface area contributed by atoms with E-state index in [4.69, 9.17) is 9.84 Å². The summed E-state index contributed by atoms with van der Waals surface area (Å²) in [7, 11) is -2.90. The number of methoxy groups -OCH3 is 1. The van der Waals surface area contributed by atoms with Crippen LogP contribution >= 0.6 is 0 Å². The highest BCUT2D eigenvalue weighted by Crippen LogP contribution is 2.24. The van der Waals surface area contributed by atoms with E-state index in [1.165, 1.54) is 7.11 Å². The fourth-order valence-electron chi connectivity index (χ4n) is 1.68. The highest BCUT2D eigenvalue weighted by atomic mass is 32.2. The largest absolute Gasteiger partial charge is 0.396 e. The number of hydrogen-bond donors (Lipinski definition) is 2. The summed E-state index contributed by atoms with van der Waals surface area (Å²) < 4.78 is 44.3. The van der Waals surface area contributed by atoms with E-state index >= 15 is 0 Å². The zero-order valence-electron chi connectivity index (χ0n) is 11.2. The van der Waals surface area contributed by atoms with Crippen molar-refractivity contribution in [1.82, 2.24) is 4.72 Å². The number of hydrogen-bond acceptors (Lipinski definition) is 6. The zero-order chi connectivity index (χ0) is 16.0. The number of halogens is 1. The van der Waals surface area contributed by atoms with Crippen molar-refractivity contribution < 1.29 is 27.6 Å². The van der Waals surface area contributed by atoms with Gasteiger partial charge in [0.2, 0.25) is 10.0 Å². The Morgan fingerprint density at radius 3 is 2.71 bits per heavy atom. The molecule has 0 aliphatic rings. The van der Waals surface area contributed by atoms with Crippen LogP contribution in [-0.2, 0) is 14.8 Å². The molecule has 1 rings (SSSR count). The molecular weight excluding hydrogens is 307 g/mol. The Labute approximate surface area is 120 Å². The van der Waals surface area contributed by atoms with Crippen molar-refractivity contribution in [2.45, 2.75) is 17.4 Å². The molecule has 0 aliphatic carbocycles. The fourth-order valence-corrected chi connectivity index (χ4v) is 3.08. The first kappa shape index (κ1) is 17.4. The third-order valence-electron chi connectivity index (χ3n) is 2.57. The number of aliphatic hydroxyl groups excluding tert-OH is 1. The predicted octanol–water partition coefficient (Wildman–Crippen LogP) is 0.410. The van der Waals surface area contributed by atoms with E-state index in [1.807, 2.05) is 0 Å². The summed E-state index contributed by atoms with van der Waals surface area (Å²) in [6, 6.07) is 1.42. The lowest BCUT2D eigenvalue weighted by molar-refractivity contribution is -0.388. The molecule has 0 heterocycles. The summed E-state index contributed by atoms with van der Waals surface area (Å²) in [5, 5.41) is 19.7. The van der Waals surface area contributed by atoms with E-state index in [-0.39, 0.29) is 19.6 Å². The maximum atomic E-state index is 13.0. The normalized spacial score (nSPS) is 13.1. The van der Waals surface area contributed by atoms with Crippen molar-refractivity contribution in [1.29, 1.82) is 0 Å². The monoisotopic (exact) mass is 322 g/mol. The molecule has 0 fully saturated rings. The lowest BCUT2D eigenvalue weighted by atomic mass is 10.2. The molecule has 1 unspecified atom stereocenters. The van der Waals surface area contributed by atoms with Crippen molar-refractivity contribution in [3.8, 4) is 0 Å². The minimum atomic E-state index is -4.25. The van der Waals surface area contributed by atoms with E-state index in [9.17, 15) is 22.9 Å². The van der Waals surface area contributed by atoms with Gasteiger partial charge in [-0.25, -0.2) is 17.5 Å². The van der Waals surface area contributed by atoms with Crippen LogP contribution in [0.25, 0.3) is 0 Å². The Bertz CT molecular complexity index is 601. The van der Waals surface area contributed by atoms with Crippen molar-refractivity contribution >= 4 is 15.7 Å². The molecule has 8 nitrogen and oxygen atoms in total. The second-order valence-corrected chi connectivity index (χ2v) is 5.84. The van der Waals surface area contributed by atoms with Gasteiger partial charge < -0.3 is 9.84 Å². The van der Waals surface area contributed by atoms with Gasteiger partial charge in [-0.1, -0.05) is 0 Å². The highest BCUT2D eigenvalue weighted by molar-refractivity contribution is 7.89. The van der Waals surface area contributed by atoms with E-state index in [0.717, 1.165) is 12.1 Å². The molecule has 0 spiro atoms. The molecule has 1 atom stereocenters. The quantitative estimate of drug-likeness (QED) is 0.528. The van der Waals surface area contributed by atoms with Crippen molar-refractivity contribution in [3.05, 3.63) is 34.1 Å². The Hall–Kier alpha value is -1.62. The Morgan fingerprint density at radius 2 is 2.19 bits per heavy atom. The van der Waals surface area contributed by atoms with Gasteiger partial charge in [0, 0.05) is 19.8 Å². The molecule has 0 saturated heterocycles. The number of sulfonamides is 1. The van der Waals surface area contributed by atoms with Gasteiger partial charge in [-0.15, -0.1) is 0 Å². The van der Waals surface area contributed by atoms with Crippen molar-refractivity contribution in [2.24, 2.45) is 0 Å². The summed E-state index contributed by atoms with van der Waals surface area (Å²) in [5.41, 5.74) is -0.859. The van der Waals surface area contributed by atoms with Crippen LogP contribution < -0.4 is 4.72 Å². The molecule has 0 radical (unpaired) electrons. The van der Waals surface area contributed by atoms with Gasteiger partial charge in [0.25, 0.3) is 5.69 Å². The number of nitrogens with zero attached hydrogens (tertiary/aromatic N) is 1. The third kappa shape index (κ3) is 4.70. The molecule has 1 aromatic rings. The van der Waals surface area contributed by atoms with Gasteiger partial charge >= 0.3 is 0 Å². The predicted molar refractivity (Wildman–Crippen MR) is 70.7 cm³/mol. The smallest absolute Gasteiger partial charge is 0.292 e. The van der Waals surface area contributed by atoms with Gasteiger partial charge in [-0.3, -0.25) is 10.1 Å². The minimum absolute atomic E-state index is 0.0191. The molecule has 1 aromatic carbocycles. The number of ether oxygens (including phenoxy) is 1. The number of nitro groups is 1. The maximum Gasteiger partial charge on any atom is 0.292 e. The summed E-state index contributed by atoms with van der Waals surface area (Å²) in [6.07, 6.45) is 0.0715. The van der Waals surface area contributed by atoms with Crippen LogP contribution in [-0.4, -0.2) is 44.8 Å². The van der Waals surface area contributed by atoms with Crippen LogP contribution in [0.2, 0.25) is 0 Å². The topological polar surface area (TPSA) is 119 Å². The van der Waals surface area contributed by atoms with Crippen molar-refractivity contribution in [2.75, 3.05) is 20.3 Å². The second-order valence-electron chi connectivity index (χ2n) is 4.15. The molecule has 2 N–H and O–H groups in total. The van der Waals surface area contributed by atoms with E-state index < -0.39 is 37.4 Å². The van der Waals surface area contributed by atoms with Gasteiger partial charge in [0.15, 0.2) is 4.90 Å². The molecule has 0 aromatic heterocycles. The lowest BCUT2D eigenvalue weighted by Crippen LogP contribution is -2.38. The number of aliphatic hydroxyl groups is 1. The SMILES string of the molecule is COCC(CCO)NS(=O)(=O)c1ccc(F)cc1[N+](=O)[O-]. The third-order valence-corrected chi connectivity index (χ3v) is 4.14. The number of nitro benzene ring substituents is 1. The molecule has 118 valence electrons. The van der Waals surface area contributed by atoms with Crippen LogP contribution in [0.5, 0.6) is 0 Å². The number of benzene rings is 1. The zero-order valence-corrected chi connectivity index (χ0v) is 12.0. The molecule has 0 amide bonds. The second kappa shape index (κ2) is 7.41. The first-order chi connectivity index (χ1) is 9.81. The lowest BCUT2D eigenvalue weighted by Gasteiger charge is -2.16. The molecule has 21 heavy (non-hydrogen) atoms. The van der Waals surface area contributed by atoms with Crippen LogP contribution in [0.1, 0.15) is 6.42 Å². The van der Waals surface area contributed by atoms with E-state index in [2.05, 4.69) is 4.72 Å². The Morgan fingerprint density at radius 1 is 1.52 bits per heavy atom. The fraction of sp³-hybridized carbons (Fsp3) is 0.455. The van der Waals surface area contributed by atoms with Gasteiger partial charge in [0.05, 0.1) is 17.6 Å². The van der Waals surface area contributed by atoms with Gasteiger partial charge in [0.1, 0.15) is 5.82 Å². The first-order valence-electron chi connectivity index (χ1n) is 5.88. The van der Waals surface area contributed by atoms with Crippen LogP contribution in [0.4, 0.5) is 10.1 Å². The van der Waals surface area contributed by atoms with E-state index in [0.29, 0.717) is 6.07 Å². The molecular formula is C11H15FN2O6S. The number of nitrogens with one attached hydrogen (secondary N) is 1. The van der Waals surface area contributed by atoms with Gasteiger partial charge in [-0.05, 0) is 18.6 Å². The molecule has 0 bridgehead atoms. The maximum absolute atomic E-state index is 13.0. The van der Waals surface area contributed by atoms with Gasteiger partial charge in [-0.2, -0.15) is 0 Å². The Balaban J connectivity index is 3.15. The molecule has 0 saturated carbocycles. The summed E-state index contributed by atoms with van der Waals surface area (Å²) >= 11 is 0. The standard InChI is InChI=1S/C11H15FN2O6S/c1-20-7-9(4-5-15)13-21(18,19)11-3-2-8(12)6-10(11)14(16)17/h2-3,6,9,13,15H,4-5,7H2,1H3.